The van der Waals surface area contributed by atoms with Gasteiger partial charge in [0, 0.05) is 19.0 Å². The van der Waals surface area contributed by atoms with Crippen molar-refractivity contribution in [3.05, 3.63) is 33.8 Å². The van der Waals surface area contributed by atoms with E-state index in [2.05, 4.69) is 39.8 Å². The minimum Gasteiger partial charge on any atom is -0.502 e. The first kappa shape index (κ1) is 23.3. The van der Waals surface area contributed by atoms with Gasteiger partial charge in [0.1, 0.15) is 5.01 Å². The normalized spacial score (nSPS) is 11.1. The van der Waals surface area contributed by atoms with Gasteiger partial charge >= 0.3 is 0 Å². The Morgan fingerprint density at radius 3 is 2.26 bits per heavy atom. The number of nitrogens with zero attached hydrogens (tertiary/aromatic N) is 2. The molecule has 7 nitrogen and oxygen atoms in total. The molecule has 0 saturated heterocycles. The maximum atomic E-state index is 9.98. The van der Waals surface area contributed by atoms with Crippen molar-refractivity contribution >= 4 is 41.3 Å². The Hall–Kier alpha value is -1.75. The van der Waals surface area contributed by atoms with Crippen LogP contribution in [0.5, 0.6) is 17.2 Å². The Morgan fingerprint density at radius 2 is 1.78 bits per heavy atom. The number of aromatic nitrogens is 1. The summed E-state index contributed by atoms with van der Waals surface area (Å²) >= 11 is 1.64. The van der Waals surface area contributed by atoms with Gasteiger partial charge in [0.25, 0.3) is 0 Å². The van der Waals surface area contributed by atoms with Gasteiger partial charge in [0.2, 0.25) is 5.75 Å². The van der Waals surface area contributed by atoms with Crippen molar-refractivity contribution in [1.29, 1.82) is 0 Å². The van der Waals surface area contributed by atoms with E-state index >= 15 is 0 Å². The number of halogens is 1. The van der Waals surface area contributed by atoms with E-state index in [1.165, 1.54) is 14.2 Å². The van der Waals surface area contributed by atoms with E-state index in [1.807, 2.05) is 0 Å². The number of phenols is 1. The van der Waals surface area contributed by atoms with Crippen molar-refractivity contribution in [3.8, 4) is 17.2 Å². The molecule has 3 N–H and O–H groups in total. The Balaban J connectivity index is 0.00000364. The lowest BCUT2D eigenvalue weighted by atomic mass is 10.2. The molecule has 0 unspecified atom stereocenters. The standard InChI is InChI=1S/C18H26N4O3S.HI/c1-11(2)13-10-26-16(22-13)9-21-18(19-3)20-8-12-6-14(24-4)17(23)15(7-12)25-5;/h6-7,10-11,23H,8-9H2,1-5H3,(H2,19,20,21);1H. The van der Waals surface area contributed by atoms with Crippen LogP contribution in [-0.2, 0) is 13.1 Å². The zero-order valence-electron chi connectivity index (χ0n) is 16.2. The highest BCUT2D eigenvalue weighted by Crippen LogP contribution is 2.36. The summed E-state index contributed by atoms with van der Waals surface area (Å²) in [5, 5.41) is 19.6. The number of guanidine groups is 1. The summed E-state index contributed by atoms with van der Waals surface area (Å²) in [4.78, 5) is 8.82. The average Bonchev–Trinajstić information content (AvgIpc) is 3.12. The second-order valence-electron chi connectivity index (χ2n) is 5.95. The number of rotatable bonds is 7. The minimum absolute atomic E-state index is 0. The highest BCUT2D eigenvalue weighted by atomic mass is 127. The van der Waals surface area contributed by atoms with E-state index in [0.717, 1.165) is 16.3 Å². The van der Waals surface area contributed by atoms with Crippen LogP contribution in [0.15, 0.2) is 22.5 Å². The lowest BCUT2D eigenvalue weighted by molar-refractivity contribution is 0.339. The molecule has 0 aliphatic rings. The summed E-state index contributed by atoms with van der Waals surface area (Å²) in [6, 6.07) is 3.52. The molecule has 0 saturated carbocycles. The molecule has 0 bridgehead atoms. The molecule has 0 atom stereocenters. The van der Waals surface area contributed by atoms with Crippen LogP contribution < -0.4 is 20.1 Å². The fourth-order valence-electron chi connectivity index (χ4n) is 2.29. The van der Waals surface area contributed by atoms with E-state index in [9.17, 15) is 5.11 Å². The molecule has 1 heterocycles. The van der Waals surface area contributed by atoms with Gasteiger partial charge in [0.15, 0.2) is 17.5 Å². The molecular formula is C18H27IN4O3S. The van der Waals surface area contributed by atoms with Crippen molar-refractivity contribution in [1.82, 2.24) is 15.6 Å². The van der Waals surface area contributed by atoms with Crippen LogP contribution in [0.25, 0.3) is 0 Å². The first-order chi connectivity index (χ1) is 12.5. The van der Waals surface area contributed by atoms with Crippen LogP contribution in [0.3, 0.4) is 0 Å². The van der Waals surface area contributed by atoms with Gasteiger partial charge in [-0.05, 0) is 23.6 Å². The zero-order chi connectivity index (χ0) is 19.1. The Morgan fingerprint density at radius 1 is 1.19 bits per heavy atom. The summed E-state index contributed by atoms with van der Waals surface area (Å²) in [5.74, 6) is 1.82. The molecule has 0 spiro atoms. The van der Waals surface area contributed by atoms with E-state index < -0.39 is 0 Å². The van der Waals surface area contributed by atoms with Crippen molar-refractivity contribution < 1.29 is 14.6 Å². The third-order valence-corrected chi connectivity index (χ3v) is 4.66. The quantitative estimate of drug-likeness (QED) is 0.303. The molecule has 9 heteroatoms. The lowest BCUT2D eigenvalue weighted by Gasteiger charge is -2.14. The molecule has 0 fully saturated rings. The monoisotopic (exact) mass is 506 g/mol. The number of benzene rings is 1. The third kappa shape index (κ3) is 6.42. The number of aliphatic imine (C=N–C) groups is 1. The number of ether oxygens (including phenoxy) is 2. The molecule has 1 aromatic heterocycles. The van der Waals surface area contributed by atoms with Crippen LogP contribution in [-0.4, -0.2) is 37.3 Å². The van der Waals surface area contributed by atoms with Crippen LogP contribution in [0.1, 0.15) is 36.0 Å². The Bertz CT molecular complexity index is 740. The summed E-state index contributed by atoms with van der Waals surface area (Å²) < 4.78 is 10.4. The Labute approximate surface area is 181 Å². The van der Waals surface area contributed by atoms with Crippen LogP contribution in [0, 0.1) is 0 Å². The molecule has 27 heavy (non-hydrogen) atoms. The SMILES string of the molecule is CN=C(NCc1cc(OC)c(O)c(OC)c1)NCc1nc(C(C)C)cs1.I. The van der Waals surface area contributed by atoms with Crippen LogP contribution in [0.2, 0.25) is 0 Å². The highest BCUT2D eigenvalue weighted by Gasteiger charge is 2.12. The van der Waals surface area contributed by atoms with E-state index in [0.29, 0.717) is 36.5 Å². The predicted molar refractivity (Wildman–Crippen MR) is 120 cm³/mol. The van der Waals surface area contributed by atoms with Crippen molar-refractivity contribution in [2.75, 3.05) is 21.3 Å². The summed E-state index contributed by atoms with van der Waals surface area (Å²) in [6.07, 6.45) is 0. The second-order valence-corrected chi connectivity index (χ2v) is 6.89. The maximum absolute atomic E-state index is 9.98. The van der Waals surface area contributed by atoms with Crippen molar-refractivity contribution in [3.63, 3.8) is 0 Å². The van der Waals surface area contributed by atoms with Crippen molar-refractivity contribution in [2.24, 2.45) is 4.99 Å². The van der Waals surface area contributed by atoms with Gasteiger partial charge in [-0.25, -0.2) is 4.98 Å². The summed E-state index contributed by atoms with van der Waals surface area (Å²) in [5.41, 5.74) is 2.01. The first-order valence-corrected chi connectivity index (χ1v) is 9.19. The van der Waals surface area contributed by atoms with Gasteiger partial charge in [-0.2, -0.15) is 0 Å². The topological polar surface area (TPSA) is 88.0 Å². The molecule has 2 rings (SSSR count). The number of hydrogen-bond donors (Lipinski definition) is 3. The average molecular weight is 506 g/mol. The number of nitrogens with one attached hydrogen (secondary N) is 2. The van der Waals surface area contributed by atoms with Crippen LogP contribution in [0.4, 0.5) is 0 Å². The van der Waals surface area contributed by atoms with Crippen molar-refractivity contribution in [2.45, 2.75) is 32.9 Å². The predicted octanol–water partition coefficient (Wildman–Crippen LogP) is 3.47. The number of phenolic OH excluding ortho intramolecular Hbond substituents is 1. The molecule has 0 radical (unpaired) electrons. The number of aromatic hydroxyl groups is 1. The van der Waals surface area contributed by atoms with E-state index in [-0.39, 0.29) is 29.7 Å². The number of hydrogen-bond acceptors (Lipinski definition) is 6. The fraction of sp³-hybridized carbons (Fsp3) is 0.444. The smallest absolute Gasteiger partial charge is 0.200 e. The summed E-state index contributed by atoms with van der Waals surface area (Å²) in [7, 11) is 4.73. The highest BCUT2D eigenvalue weighted by molar-refractivity contribution is 14.0. The molecule has 1 aromatic carbocycles. The van der Waals surface area contributed by atoms with Gasteiger partial charge in [-0.1, -0.05) is 13.8 Å². The maximum Gasteiger partial charge on any atom is 0.200 e. The molecule has 0 aliphatic heterocycles. The molecular weight excluding hydrogens is 479 g/mol. The Kier molecular flexibility index (Phi) is 9.64. The van der Waals surface area contributed by atoms with Crippen LogP contribution >= 0.6 is 35.3 Å². The van der Waals surface area contributed by atoms with Gasteiger partial charge in [-0.3, -0.25) is 4.99 Å². The zero-order valence-corrected chi connectivity index (χ0v) is 19.3. The van der Waals surface area contributed by atoms with Gasteiger partial charge in [0.05, 0.1) is 26.5 Å². The minimum atomic E-state index is -0.00835. The molecule has 2 aromatic rings. The second kappa shape index (κ2) is 11.2. The largest absolute Gasteiger partial charge is 0.502 e. The third-order valence-electron chi connectivity index (χ3n) is 3.79. The fourth-order valence-corrected chi connectivity index (χ4v) is 3.18. The molecule has 0 amide bonds. The van der Waals surface area contributed by atoms with E-state index in [4.69, 9.17) is 9.47 Å². The first-order valence-electron chi connectivity index (χ1n) is 8.31. The number of thiazole rings is 1. The van der Waals surface area contributed by atoms with Gasteiger partial charge in [-0.15, -0.1) is 35.3 Å². The summed E-state index contributed by atoms with van der Waals surface area (Å²) in [6.45, 7) is 5.38. The van der Waals surface area contributed by atoms with Gasteiger partial charge < -0.3 is 25.2 Å². The molecule has 0 aliphatic carbocycles. The molecule has 150 valence electrons. The lowest BCUT2D eigenvalue weighted by Crippen LogP contribution is -2.36. The number of methoxy groups -OCH3 is 2. The van der Waals surface area contributed by atoms with E-state index in [1.54, 1.807) is 30.5 Å².